The van der Waals surface area contributed by atoms with E-state index in [4.69, 9.17) is 4.99 Å². The fraction of sp³-hybridized carbons (Fsp3) is 0.750. The number of thiophene rings is 1. The zero-order chi connectivity index (χ0) is 18.2. The first-order valence-electron chi connectivity index (χ1n) is 10.2. The number of likely N-dealkylation sites (tertiary alicyclic amines) is 2. The largest absolute Gasteiger partial charge is 0.357 e. The maximum Gasteiger partial charge on any atom is 0.191 e. The first kappa shape index (κ1) is 22.9. The molecule has 0 bridgehead atoms. The first-order valence-corrected chi connectivity index (χ1v) is 11.1. The highest BCUT2D eigenvalue weighted by atomic mass is 127. The fourth-order valence-corrected chi connectivity index (χ4v) is 4.81. The quantitative estimate of drug-likeness (QED) is 0.354. The summed E-state index contributed by atoms with van der Waals surface area (Å²) in [6.45, 7) is 9.69. The molecule has 3 heterocycles. The van der Waals surface area contributed by atoms with Crippen LogP contribution in [0.25, 0.3) is 0 Å². The van der Waals surface area contributed by atoms with Crippen molar-refractivity contribution in [1.29, 1.82) is 0 Å². The SMILES string of the molecule is CCNC(=NCc1ccsc1)NCC1(N2CCCCC2)CCN(C)CC1.I. The number of hydrogen-bond acceptors (Lipinski definition) is 4. The Bertz CT molecular complexity index is 549. The molecule has 0 amide bonds. The van der Waals surface area contributed by atoms with Gasteiger partial charge in [-0.15, -0.1) is 24.0 Å². The van der Waals surface area contributed by atoms with Gasteiger partial charge in [0.15, 0.2) is 5.96 Å². The Morgan fingerprint density at radius 1 is 1.15 bits per heavy atom. The summed E-state index contributed by atoms with van der Waals surface area (Å²) in [5, 5.41) is 11.4. The van der Waals surface area contributed by atoms with Gasteiger partial charge in [0.05, 0.1) is 6.54 Å². The van der Waals surface area contributed by atoms with Crippen molar-refractivity contribution in [2.45, 2.75) is 51.1 Å². The van der Waals surface area contributed by atoms with Gasteiger partial charge in [0.25, 0.3) is 0 Å². The van der Waals surface area contributed by atoms with E-state index in [1.807, 2.05) is 0 Å². The lowest BCUT2D eigenvalue weighted by Gasteiger charge is -2.50. The predicted octanol–water partition coefficient (Wildman–Crippen LogP) is 3.37. The zero-order valence-electron chi connectivity index (χ0n) is 16.9. The van der Waals surface area contributed by atoms with Gasteiger partial charge in [-0.2, -0.15) is 11.3 Å². The predicted molar refractivity (Wildman–Crippen MR) is 127 cm³/mol. The fourth-order valence-electron chi connectivity index (χ4n) is 4.15. The number of guanidine groups is 1. The van der Waals surface area contributed by atoms with E-state index in [1.165, 1.54) is 63.8 Å². The molecule has 2 aliphatic rings. The molecule has 27 heavy (non-hydrogen) atoms. The van der Waals surface area contributed by atoms with Crippen LogP contribution in [0, 0.1) is 0 Å². The van der Waals surface area contributed by atoms with Crippen LogP contribution in [0.5, 0.6) is 0 Å². The molecule has 3 rings (SSSR count). The highest BCUT2D eigenvalue weighted by Gasteiger charge is 2.39. The highest BCUT2D eigenvalue weighted by Crippen LogP contribution is 2.30. The third kappa shape index (κ3) is 6.58. The Balaban J connectivity index is 0.00000261. The molecule has 2 fully saturated rings. The molecule has 5 nitrogen and oxygen atoms in total. The number of hydrogen-bond donors (Lipinski definition) is 2. The maximum absolute atomic E-state index is 4.80. The zero-order valence-corrected chi connectivity index (χ0v) is 20.0. The van der Waals surface area contributed by atoms with Gasteiger partial charge >= 0.3 is 0 Å². The molecule has 0 aliphatic carbocycles. The van der Waals surface area contributed by atoms with Gasteiger partial charge in [-0.1, -0.05) is 6.42 Å². The molecular weight excluding hydrogens is 469 g/mol. The lowest BCUT2D eigenvalue weighted by Crippen LogP contribution is -2.62. The van der Waals surface area contributed by atoms with E-state index in [-0.39, 0.29) is 29.5 Å². The summed E-state index contributed by atoms with van der Waals surface area (Å²) in [6.07, 6.45) is 6.60. The Labute approximate surface area is 186 Å². The summed E-state index contributed by atoms with van der Waals surface area (Å²) in [4.78, 5) is 10.1. The van der Waals surface area contributed by atoms with E-state index in [1.54, 1.807) is 11.3 Å². The van der Waals surface area contributed by atoms with Crippen LogP contribution in [0.1, 0.15) is 44.6 Å². The molecule has 1 aromatic heterocycles. The van der Waals surface area contributed by atoms with Crippen LogP contribution in [-0.2, 0) is 6.54 Å². The third-order valence-corrected chi connectivity index (χ3v) is 6.61. The minimum atomic E-state index is 0. The summed E-state index contributed by atoms with van der Waals surface area (Å²) in [5.41, 5.74) is 1.57. The Morgan fingerprint density at radius 3 is 2.52 bits per heavy atom. The molecule has 0 radical (unpaired) electrons. The molecular formula is C20H36IN5S. The lowest BCUT2D eigenvalue weighted by molar-refractivity contribution is 0.0173. The lowest BCUT2D eigenvalue weighted by atomic mass is 9.84. The van der Waals surface area contributed by atoms with Gasteiger partial charge in [-0.25, -0.2) is 4.99 Å². The average Bonchev–Trinajstić information content (AvgIpc) is 3.20. The number of nitrogens with one attached hydrogen (secondary N) is 2. The van der Waals surface area contributed by atoms with Gasteiger partial charge < -0.3 is 15.5 Å². The Kier molecular flexibility index (Phi) is 9.82. The van der Waals surface area contributed by atoms with Crippen molar-refractivity contribution in [3.63, 3.8) is 0 Å². The monoisotopic (exact) mass is 505 g/mol. The topological polar surface area (TPSA) is 42.9 Å². The van der Waals surface area contributed by atoms with Crippen LogP contribution in [0.15, 0.2) is 21.8 Å². The molecule has 0 aromatic carbocycles. The second-order valence-electron chi connectivity index (χ2n) is 7.76. The summed E-state index contributed by atoms with van der Waals surface area (Å²) < 4.78 is 0. The molecule has 2 saturated heterocycles. The molecule has 0 unspecified atom stereocenters. The van der Waals surface area contributed by atoms with E-state index in [9.17, 15) is 0 Å². The van der Waals surface area contributed by atoms with Crippen molar-refractivity contribution in [2.75, 3.05) is 46.3 Å². The van der Waals surface area contributed by atoms with E-state index >= 15 is 0 Å². The van der Waals surface area contributed by atoms with Gasteiger partial charge in [-0.3, -0.25) is 4.90 Å². The van der Waals surface area contributed by atoms with Crippen molar-refractivity contribution in [3.05, 3.63) is 22.4 Å². The molecule has 0 saturated carbocycles. The van der Waals surface area contributed by atoms with Crippen LogP contribution in [0.3, 0.4) is 0 Å². The van der Waals surface area contributed by atoms with E-state index in [2.05, 4.69) is 51.2 Å². The number of piperidine rings is 2. The van der Waals surface area contributed by atoms with E-state index < -0.39 is 0 Å². The van der Waals surface area contributed by atoms with Gasteiger partial charge in [0, 0.05) is 18.6 Å². The van der Waals surface area contributed by atoms with Crippen LogP contribution in [-0.4, -0.2) is 67.6 Å². The van der Waals surface area contributed by atoms with Crippen LogP contribution in [0.4, 0.5) is 0 Å². The molecule has 2 N–H and O–H groups in total. The second-order valence-corrected chi connectivity index (χ2v) is 8.54. The normalized spacial score (nSPS) is 21.5. The number of halogens is 1. The van der Waals surface area contributed by atoms with E-state index in [0.29, 0.717) is 0 Å². The smallest absolute Gasteiger partial charge is 0.191 e. The average molecular weight is 506 g/mol. The summed E-state index contributed by atoms with van der Waals surface area (Å²) in [5.74, 6) is 0.953. The summed E-state index contributed by atoms with van der Waals surface area (Å²) in [6, 6.07) is 2.16. The van der Waals surface area contributed by atoms with Crippen LogP contribution >= 0.6 is 35.3 Å². The standard InChI is InChI=1S/C20H35N5S.HI/c1-3-21-19(22-15-18-7-14-26-16-18)23-17-20(8-12-24(2)13-9-20)25-10-5-4-6-11-25;/h7,14,16H,3-6,8-13,15,17H2,1-2H3,(H2,21,22,23);1H. The van der Waals surface area contributed by atoms with Gasteiger partial charge in [0.2, 0.25) is 0 Å². The van der Waals surface area contributed by atoms with Crippen molar-refractivity contribution in [2.24, 2.45) is 4.99 Å². The highest BCUT2D eigenvalue weighted by molar-refractivity contribution is 14.0. The van der Waals surface area contributed by atoms with E-state index in [0.717, 1.165) is 25.6 Å². The molecule has 7 heteroatoms. The van der Waals surface area contributed by atoms with Crippen LogP contribution in [0.2, 0.25) is 0 Å². The minimum Gasteiger partial charge on any atom is -0.357 e. The molecule has 154 valence electrons. The summed E-state index contributed by atoms with van der Waals surface area (Å²) in [7, 11) is 2.25. The molecule has 2 aliphatic heterocycles. The van der Waals surface area contributed by atoms with Gasteiger partial charge in [0.1, 0.15) is 0 Å². The minimum absolute atomic E-state index is 0. The van der Waals surface area contributed by atoms with Crippen molar-refractivity contribution in [1.82, 2.24) is 20.4 Å². The number of aliphatic imine (C=N–C) groups is 1. The number of nitrogens with zero attached hydrogens (tertiary/aromatic N) is 3. The number of rotatable bonds is 6. The third-order valence-electron chi connectivity index (χ3n) is 5.87. The van der Waals surface area contributed by atoms with Crippen molar-refractivity contribution < 1.29 is 0 Å². The molecule has 0 atom stereocenters. The van der Waals surface area contributed by atoms with Gasteiger partial charge in [-0.05, 0) is 88.2 Å². The maximum atomic E-state index is 4.80. The Hall–Kier alpha value is -0.380. The van der Waals surface area contributed by atoms with Crippen molar-refractivity contribution >= 4 is 41.3 Å². The summed E-state index contributed by atoms with van der Waals surface area (Å²) >= 11 is 1.74. The molecule has 1 aromatic rings. The first-order chi connectivity index (χ1) is 12.7. The molecule has 0 spiro atoms. The van der Waals surface area contributed by atoms with Crippen molar-refractivity contribution in [3.8, 4) is 0 Å². The van der Waals surface area contributed by atoms with Crippen LogP contribution < -0.4 is 10.6 Å². The second kappa shape index (κ2) is 11.6. The Morgan fingerprint density at radius 2 is 1.89 bits per heavy atom.